The van der Waals surface area contributed by atoms with Crippen molar-refractivity contribution in [1.82, 2.24) is 0 Å². The molecule has 108 valence electrons. The van der Waals surface area contributed by atoms with E-state index in [0.29, 0.717) is 0 Å². The van der Waals surface area contributed by atoms with Crippen molar-refractivity contribution in [3.05, 3.63) is 59.9 Å². The first-order valence-electron chi connectivity index (χ1n) is 7.29. The fraction of sp³-hybridized carbons (Fsp3) is 0.263. The van der Waals surface area contributed by atoms with Gasteiger partial charge in [0.15, 0.2) is 0 Å². The third kappa shape index (κ3) is 2.80. The zero-order chi connectivity index (χ0) is 15.0. The molecule has 3 aromatic rings. The summed E-state index contributed by atoms with van der Waals surface area (Å²) in [6.07, 6.45) is 1.79. The number of fused-ring (bicyclic) bond motifs is 1. The van der Waals surface area contributed by atoms with Crippen LogP contribution in [0.5, 0.6) is 0 Å². The summed E-state index contributed by atoms with van der Waals surface area (Å²) in [7, 11) is 0. The Hall–Kier alpha value is -2.22. The van der Waals surface area contributed by atoms with Crippen molar-refractivity contribution in [2.24, 2.45) is 0 Å². The normalized spacial score (nSPS) is 11.8. The van der Waals surface area contributed by atoms with Gasteiger partial charge in [0.25, 0.3) is 0 Å². The number of anilines is 2. The SMILES string of the molecule is Cc1ccc(Nc2coc3ccc(C(C)(C)C)cc23)cc1. The average molecular weight is 279 g/mol. The Morgan fingerprint density at radius 3 is 2.33 bits per heavy atom. The van der Waals surface area contributed by atoms with E-state index in [4.69, 9.17) is 4.42 Å². The fourth-order valence-electron chi connectivity index (χ4n) is 2.38. The van der Waals surface area contributed by atoms with Crippen LogP contribution in [0, 0.1) is 6.92 Å². The van der Waals surface area contributed by atoms with E-state index < -0.39 is 0 Å². The van der Waals surface area contributed by atoms with Crippen LogP contribution in [0.1, 0.15) is 31.9 Å². The predicted octanol–water partition coefficient (Wildman–Crippen LogP) is 5.78. The molecule has 0 saturated heterocycles. The van der Waals surface area contributed by atoms with E-state index in [1.54, 1.807) is 6.26 Å². The van der Waals surface area contributed by atoms with Crippen molar-refractivity contribution in [1.29, 1.82) is 0 Å². The van der Waals surface area contributed by atoms with Gasteiger partial charge in [0, 0.05) is 11.1 Å². The second-order valence-corrected chi connectivity index (χ2v) is 6.60. The molecule has 0 aliphatic carbocycles. The first-order valence-corrected chi connectivity index (χ1v) is 7.29. The lowest BCUT2D eigenvalue weighted by Crippen LogP contribution is -2.10. The highest BCUT2D eigenvalue weighted by Crippen LogP contribution is 2.32. The van der Waals surface area contributed by atoms with Crippen LogP contribution in [0.25, 0.3) is 11.0 Å². The lowest BCUT2D eigenvalue weighted by Gasteiger charge is -2.18. The minimum Gasteiger partial charge on any atom is -0.462 e. The molecule has 3 rings (SSSR count). The first-order chi connectivity index (χ1) is 9.93. The molecule has 1 aromatic heterocycles. The molecule has 1 heterocycles. The fourth-order valence-corrected chi connectivity index (χ4v) is 2.38. The molecule has 0 radical (unpaired) electrons. The molecule has 0 amide bonds. The van der Waals surface area contributed by atoms with Gasteiger partial charge in [0.1, 0.15) is 11.8 Å². The monoisotopic (exact) mass is 279 g/mol. The van der Waals surface area contributed by atoms with Gasteiger partial charge in [-0.05, 0) is 42.2 Å². The molecule has 1 N–H and O–H groups in total. The smallest absolute Gasteiger partial charge is 0.136 e. The van der Waals surface area contributed by atoms with Crippen LogP contribution in [0.15, 0.2) is 53.1 Å². The number of hydrogen-bond acceptors (Lipinski definition) is 2. The van der Waals surface area contributed by atoms with Crippen LogP contribution in [-0.2, 0) is 5.41 Å². The highest BCUT2D eigenvalue weighted by Gasteiger charge is 2.16. The van der Waals surface area contributed by atoms with Gasteiger partial charge in [-0.15, -0.1) is 0 Å². The standard InChI is InChI=1S/C19H21NO/c1-13-5-8-15(9-6-13)20-17-12-21-18-10-7-14(11-16(17)18)19(2,3)4/h5-12,20H,1-4H3. The summed E-state index contributed by atoms with van der Waals surface area (Å²) in [6.45, 7) is 8.76. The van der Waals surface area contributed by atoms with E-state index in [9.17, 15) is 0 Å². The van der Waals surface area contributed by atoms with Gasteiger partial charge in [0.2, 0.25) is 0 Å². The highest BCUT2D eigenvalue weighted by atomic mass is 16.3. The number of hydrogen-bond donors (Lipinski definition) is 1. The molecule has 0 unspecified atom stereocenters. The number of rotatable bonds is 2. The Bertz CT molecular complexity index is 760. The second kappa shape index (κ2) is 4.96. The molecule has 0 saturated carbocycles. The van der Waals surface area contributed by atoms with Gasteiger partial charge in [-0.25, -0.2) is 0 Å². The molecule has 0 aliphatic heterocycles. The first kappa shape index (κ1) is 13.7. The quantitative estimate of drug-likeness (QED) is 0.643. The maximum absolute atomic E-state index is 5.65. The van der Waals surface area contributed by atoms with Gasteiger partial charge in [-0.1, -0.05) is 44.5 Å². The van der Waals surface area contributed by atoms with E-state index in [0.717, 1.165) is 22.3 Å². The average Bonchev–Trinajstić information content (AvgIpc) is 2.83. The van der Waals surface area contributed by atoms with E-state index in [-0.39, 0.29) is 5.41 Å². The summed E-state index contributed by atoms with van der Waals surface area (Å²) >= 11 is 0. The van der Waals surface area contributed by atoms with E-state index in [1.165, 1.54) is 11.1 Å². The molecular formula is C19H21NO. The molecule has 0 aliphatic rings. The maximum Gasteiger partial charge on any atom is 0.136 e. The zero-order valence-electron chi connectivity index (χ0n) is 13.0. The minimum atomic E-state index is 0.132. The van der Waals surface area contributed by atoms with Crippen LogP contribution >= 0.6 is 0 Å². The van der Waals surface area contributed by atoms with Gasteiger partial charge in [0.05, 0.1) is 5.69 Å². The zero-order valence-corrected chi connectivity index (χ0v) is 13.0. The van der Waals surface area contributed by atoms with Crippen molar-refractivity contribution in [2.45, 2.75) is 33.1 Å². The van der Waals surface area contributed by atoms with Crippen LogP contribution in [-0.4, -0.2) is 0 Å². The van der Waals surface area contributed by atoms with Crippen LogP contribution in [0.4, 0.5) is 11.4 Å². The topological polar surface area (TPSA) is 25.2 Å². The Morgan fingerprint density at radius 1 is 0.952 bits per heavy atom. The van der Waals surface area contributed by atoms with Gasteiger partial charge >= 0.3 is 0 Å². The molecule has 2 heteroatoms. The molecular weight excluding hydrogens is 258 g/mol. The Kier molecular flexibility index (Phi) is 3.25. The van der Waals surface area contributed by atoms with Gasteiger partial charge < -0.3 is 9.73 Å². The highest BCUT2D eigenvalue weighted by molar-refractivity contribution is 5.93. The van der Waals surface area contributed by atoms with E-state index in [2.05, 4.69) is 75.5 Å². The summed E-state index contributed by atoms with van der Waals surface area (Å²) in [5.74, 6) is 0. The lowest BCUT2D eigenvalue weighted by atomic mass is 9.86. The van der Waals surface area contributed by atoms with Crippen molar-refractivity contribution in [3.63, 3.8) is 0 Å². The van der Waals surface area contributed by atoms with E-state index >= 15 is 0 Å². The summed E-state index contributed by atoms with van der Waals surface area (Å²) < 4.78 is 5.65. The number of benzene rings is 2. The Labute approximate surface area is 125 Å². The predicted molar refractivity (Wildman–Crippen MR) is 89.4 cm³/mol. The van der Waals surface area contributed by atoms with E-state index in [1.807, 2.05) is 0 Å². The molecule has 21 heavy (non-hydrogen) atoms. The number of aryl methyl sites for hydroxylation is 1. The molecule has 2 aromatic carbocycles. The minimum absolute atomic E-state index is 0.132. The lowest BCUT2D eigenvalue weighted by molar-refractivity contribution is 0.589. The van der Waals surface area contributed by atoms with Crippen LogP contribution in [0.3, 0.4) is 0 Å². The summed E-state index contributed by atoms with van der Waals surface area (Å²) in [4.78, 5) is 0. The molecule has 0 atom stereocenters. The molecule has 2 nitrogen and oxygen atoms in total. The molecule has 0 bridgehead atoms. The third-order valence-corrected chi connectivity index (χ3v) is 3.77. The third-order valence-electron chi connectivity index (χ3n) is 3.77. The summed E-state index contributed by atoms with van der Waals surface area (Å²) in [5, 5.41) is 4.57. The summed E-state index contributed by atoms with van der Waals surface area (Å²) in [5.41, 5.74) is 5.70. The second-order valence-electron chi connectivity index (χ2n) is 6.60. The van der Waals surface area contributed by atoms with Crippen LogP contribution < -0.4 is 5.32 Å². The summed E-state index contributed by atoms with van der Waals surface area (Å²) in [6, 6.07) is 14.8. The van der Waals surface area contributed by atoms with Crippen molar-refractivity contribution < 1.29 is 4.42 Å². The number of nitrogens with one attached hydrogen (secondary N) is 1. The Morgan fingerprint density at radius 2 is 1.67 bits per heavy atom. The van der Waals surface area contributed by atoms with Crippen LogP contribution in [0.2, 0.25) is 0 Å². The maximum atomic E-state index is 5.65. The van der Waals surface area contributed by atoms with Crippen molar-refractivity contribution in [3.8, 4) is 0 Å². The van der Waals surface area contributed by atoms with Gasteiger partial charge in [-0.3, -0.25) is 0 Å². The Balaban J connectivity index is 2.00. The van der Waals surface area contributed by atoms with Gasteiger partial charge in [-0.2, -0.15) is 0 Å². The number of furan rings is 1. The molecule has 0 fully saturated rings. The van der Waals surface area contributed by atoms with Crippen molar-refractivity contribution in [2.75, 3.05) is 5.32 Å². The largest absolute Gasteiger partial charge is 0.462 e. The van der Waals surface area contributed by atoms with Crippen molar-refractivity contribution >= 4 is 22.3 Å². The molecule has 0 spiro atoms.